The monoisotopic (exact) mass is 202 g/mol. The number of hydrogen-bond acceptors (Lipinski definition) is 3. The van der Waals surface area contributed by atoms with E-state index in [0.717, 1.165) is 26.1 Å². The highest BCUT2D eigenvalue weighted by Gasteiger charge is 2.04. The Morgan fingerprint density at radius 3 is 2.43 bits per heavy atom. The number of methoxy groups -OCH3 is 1. The van der Waals surface area contributed by atoms with Crippen LogP contribution in [0, 0.1) is 0 Å². The zero-order chi connectivity index (χ0) is 11.0. The van der Waals surface area contributed by atoms with Crippen molar-refractivity contribution in [3.05, 3.63) is 0 Å². The Kier molecular flexibility index (Phi) is 8.14. The third-order valence-electron chi connectivity index (χ3n) is 2.59. The number of likely N-dealkylation sites (N-methyl/N-ethyl adjacent to an activating group) is 1. The predicted octanol–water partition coefficient (Wildman–Crippen LogP) is 1.34. The van der Waals surface area contributed by atoms with E-state index in [1.54, 1.807) is 7.11 Å². The Bertz CT molecular complexity index is 128. The Balaban J connectivity index is 3.34. The average Bonchev–Trinajstić information content (AvgIpc) is 2.14. The molecule has 86 valence electrons. The van der Waals surface area contributed by atoms with E-state index in [0.29, 0.717) is 12.1 Å². The van der Waals surface area contributed by atoms with Crippen molar-refractivity contribution in [1.82, 2.24) is 10.2 Å². The highest BCUT2D eigenvalue weighted by atomic mass is 16.5. The van der Waals surface area contributed by atoms with Gasteiger partial charge in [-0.3, -0.25) is 0 Å². The minimum absolute atomic E-state index is 0.551. The summed E-state index contributed by atoms with van der Waals surface area (Å²) < 4.78 is 5.03. The van der Waals surface area contributed by atoms with Crippen LogP contribution in [0.25, 0.3) is 0 Å². The highest BCUT2D eigenvalue weighted by Crippen LogP contribution is 1.93. The van der Waals surface area contributed by atoms with Crippen LogP contribution in [0.1, 0.15) is 27.2 Å². The molecular weight excluding hydrogens is 176 g/mol. The maximum atomic E-state index is 5.03. The maximum Gasteiger partial charge on any atom is 0.0476 e. The van der Waals surface area contributed by atoms with Crippen LogP contribution in [-0.4, -0.2) is 50.8 Å². The lowest BCUT2D eigenvalue weighted by molar-refractivity contribution is 0.183. The molecule has 1 N–H and O–H groups in total. The fourth-order valence-electron chi connectivity index (χ4n) is 1.14. The van der Waals surface area contributed by atoms with E-state index < -0.39 is 0 Å². The number of ether oxygens (including phenoxy) is 1. The van der Waals surface area contributed by atoms with E-state index in [4.69, 9.17) is 4.74 Å². The van der Waals surface area contributed by atoms with Crippen molar-refractivity contribution in [2.45, 2.75) is 39.3 Å². The maximum absolute atomic E-state index is 5.03. The van der Waals surface area contributed by atoms with Gasteiger partial charge in [0.2, 0.25) is 0 Å². The standard InChI is InChI=1S/C11H26N2O/c1-10(2)13(4)8-7-12-11(3)6-9-14-5/h10-12H,6-9H2,1-5H3. The predicted molar refractivity (Wildman–Crippen MR) is 61.7 cm³/mol. The summed E-state index contributed by atoms with van der Waals surface area (Å²) >= 11 is 0. The Labute approximate surface area is 88.8 Å². The first-order valence-electron chi connectivity index (χ1n) is 5.50. The lowest BCUT2D eigenvalue weighted by atomic mass is 10.2. The molecule has 0 aliphatic carbocycles. The van der Waals surface area contributed by atoms with Crippen molar-refractivity contribution in [2.24, 2.45) is 0 Å². The van der Waals surface area contributed by atoms with E-state index in [1.807, 2.05) is 0 Å². The van der Waals surface area contributed by atoms with Crippen molar-refractivity contribution >= 4 is 0 Å². The fraction of sp³-hybridized carbons (Fsp3) is 1.00. The molecule has 0 fully saturated rings. The first kappa shape index (κ1) is 13.9. The van der Waals surface area contributed by atoms with Gasteiger partial charge in [0.15, 0.2) is 0 Å². The zero-order valence-corrected chi connectivity index (χ0v) is 10.3. The van der Waals surface area contributed by atoms with Gasteiger partial charge in [0.05, 0.1) is 0 Å². The van der Waals surface area contributed by atoms with Crippen molar-refractivity contribution in [3.8, 4) is 0 Å². The van der Waals surface area contributed by atoms with E-state index in [9.17, 15) is 0 Å². The third-order valence-corrected chi connectivity index (χ3v) is 2.59. The first-order valence-corrected chi connectivity index (χ1v) is 5.50. The third kappa shape index (κ3) is 7.30. The molecule has 0 aromatic carbocycles. The summed E-state index contributed by atoms with van der Waals surface area (Å²) in [5, 5.41) is 3.48. The Morgan fingerprint density at radius 2 is 1.93 bits per heavy atom. The van der Waals surface area contributed by atoms with Gasteiger partial charge in [0.25, 0.3) is 0 Å². The minimum Gasteiger partial charge on any atom is -0.385 e. The van der Waals surface area contributed by atoms with Gasteiger partial charge in [-0.15, -0.1) is 0 Å². The number of nitrogens with zero attached hydrogens (tertiary/aromatic N) is 1. The summed E-state index contributed by atoms with van der Waals surface area (Å²) in [4.78, 5) is 2.34. The molecule has 3 heteroatoms. The van der Waals surface area contributed by atoms with Gasteiger partial charge in [0, 0.05) is 38.9 Å². The molecule has 1 unspecified atom stereocenters. The van der Waals surface area contributed by atoms with Crippen LogP contribution in [0.5, 0.6) is 0 Å². The van der Waals surface area contributed by atoms with Crippen molar-refractivity contribution in [1.29, 1.82) is 0 Å². The Hall–Kier alpha value is -0.120. The molecule has 0 heterocycles. The lowest BCUT2D eigenvalue weighted by Gasteiger charge is -2.22. The van der Waals surface area contributed by atoms with Crippen LogP contribution in [-0.2, 0) is 4.74 Å². The number of rotatable bonds is 8. The second-order valence-corrected chi connectivity index (χ2v) is 4.21. The lowest BCUT2D eigenvalue weighted by Crippen LogP contribution is -2.37. The molecule has 0 aliphatic heterocycles. The average molecular weight is 202 g/mol. The normalized spacial score (nSPS) is 13.9. The van der Waals surface area contributed by atoms with Crippen LogP contribution in [0.3, 0.4) is 0 Å². The van der Waals surface area contributed by atoms with Crippen LogP contribution in [0.2, 0.25) is 0 Å². The van der Waals surface area contributed by atoms with Gasteiger partial charge in [-0.1, -0.05) is 0 Å². The number of hydrogen-bond donors (Lipinski definition) is 1. The van der Waals surface area contributed by atoms with Crippen molar-refractivity contribution in [3.63, 3.8) is 0 Å². The molecule has 0 aliphatic rings. The van der Waals surface area contributed by atoms with Crippen LogP contribution >= 0.6 is 0 Å². The number of nitrogens with one attached hydrogen (secondary N) is 1. The fourth-order valence-corrected chi connectivity index (χ4v) is 1.14. The highest BCUT2D eigenvalue weighted by molar-refractivity contribution is 4.63. The molecule has 1 atom stereocenters. The molecule has 0 aromatic heterocycles. The Morgan fingerprint density at radius 1 is 1.29 bits per heavy atom. The van der Waals surface area contributed by atoms with E-state index in [2.05, 4.69) is 38.0 Å². The second-order valence-electron chi connectivity index (χ2n) is 4.21. The van der Waals surface area contributed by atoms with E-state index >= 15 is 0 Å². The van der Waals surface area contributed by atoms with Crippen molar-refractivity contribution < 1.29 is 4.74 Å². The van der Waals surface area contributed by atoms with Gasteiger partial charge in [-0.25, -0.2) is 0 Å². The van der Waals surface area contributed by atoms with Gasteiger partial charge < -0.3 is 15.0 Å². The molecule has 14 heavy (non-hydrogen) atoms. The SMILES string of the molecule is COCCC(C)NCCN(C)C(C)C. The molecular formula is C11H26N2O. The van der Waals surface area contributed by atoms with Gasteiger partial charge in [0.1, 0.15) is 0 Å². The molecule has 0 amide bonds. The topological polar surface area (TPSA) is 24.5 Å². The first-order chi connectivity index (χ1) is 6.57. The summed E-state index contributed by atoms with van der Waals surface area (Å²) in [6.45, 7) is 9.64. The van der Waals surface area contributed by atoms with Gasteiger partial charge >= 0.3 is 0 Å². The van der Waals surface area contributed by atoms with Crippen molar-refractivity contribution in [2.75, 3.05) is 33.9 Å². The molecule has 0 saturated heterocycles. The molecule has 3 nitrogen and oxygen atoms in total. The zero-order valence-electron chi connectivity index (χ0n) is 10.3. The van der Waals surface area contributed by atoms with E-state index in [1.165, 1.54) is 0 Å². The summed E-state index contributed by atoms with van der Waals surface area (Å²) in [6.07, 6.45) is 1.09. The van der Waals surface area contributed by atoms with Crippen LogP contribution < -0.4 is 5.32 Å². The molecule has 0 bridgehead atoms. The molecule has 0 aromatic rings. The minimum atomic E-state index is 0.551. The summed E-state index contributed by atoms with van der Waals surface area (Å²) in [6, 6.07) is 1.18. The smallest absolute Gasteiger partial charge is 0.0476 e. The molecule has 0 radical (unpaired) electrons. The quantitative estimate of drug-likeness (QED) is 0.643. The van der Waals surface area contributed by atoms with Crippen LogP contribution in [0.15, 0.2) is 0 Å². The van der Waals surface area contributed by atoms with Crippen LogP contribution in [0.4, 0.5) is 0 Å². The van der Waals surface area contributed by atoms with Gasteiger partial charge in [-0.2, -0.15) is 0 Å². The molecule has 0 saturated carbocycles. The molecule has 0 rings (SSSR count). The largest absolute Gasteiger partial charge is 0.385 e. The van der Waals surface area contributed by atoms with Gasteiger partial charge in [-0.05, 0) is 34.2 Å². The summed E-state index contributed by atoms with van der Waals surface area (Å²) in [5.41, 5.74) is 0. The summed E-state index contributed by atoms with van der Waals surface area (Å²) in [7, 11) is 3.91. The summed E-state index contributed by atoms with van der Waals surface area (Å²) in [5.74, 6) is 0. The second kappa shape index (κ2) is 8.21. The molecule has 0 spiro atoms. The van der Waals surface area contributed by atoms with E-state index in [-0.39, 0.29) is 0 Å².